The molecule has 0 aliphatic heterocycles. The lowest BCUT2D eigenvalue weighted by Gasteiger charge is -2.13. The summed E-state index contributed by atoms with van der Waals surface area (Å²) in [5.74, 6) is 7.64. The third-order valence-corrected chi connectivity index (χ3v) is 2.89. The van der Waals surface area contributed by atoms with E-state index in [-0.39, 0.29) is 0 Å². The minimum absolute atomic E-state index is 0.595. The lowest BCUT2D eigenvalue weighted by molar-refractivity contribution is 0.287. The van der Waals surface area contributed by atoms with Gasteiger partial charge in [-0.2, -0.15) is 0 Å². The number of benzene rings is 1. The molecule has 0 bridgehead atoms. The average molecular weight is 281 g/mol. The van der Waals surface area contributed by atoms with Crippen LogP contribution in [0, 0.1) is 11.8 Å². The van der Waals surface area contributed by atoms with Crippen molar-refractivity contribution in [1.82, 2.24) is 0 Å². The zero-order valence-corrected chi connectivity index (χ0v) is 12.6. The molecule has 104 valence electrons. The molecule has 0 fully saturated rings. The Kier molecular flexibility index (Phi) is 7.22. The summed E-state index contributed by atoms with van der Waals surface area (Å²) in [5, 5.41) is 0.713. The highest BCUT2D eigenvalue weighted by Gasteiger charge is 2.10. The fourth-order valence-corrected chi connectivity index (χ4v) is 1.96. The molecule has 0 amide bonds. The molecule has 19 heavy (non-hydrogen) atoms. The van der Waals surface area contributed by atoms with Gasteiger partial charge in [0.1, 0.15) is 0 Å². The van der Waals surface area contributed by atoms with Gasteiger partial charge < -0.3 is 9.47 Å². The van der Waals surface area contributed by atoms with E-state index in [0.717, 1.165) is 30.6 Å². The molecule has 1 aromatic carbocycles. The molecule has 0 aromatic heterocycles. The van der Waals surface area contributed by atoms with Gasteiger partial charge in [-0.3, -0.25) is 0 Å². The predicted molar refractivity (Wildman–Crippen MR) is 80.2 cm³/mol. The van der Waals surface area contributed by atoms with Crippen molar-refractivity contribution in [2.24, 2.45) is 0 Å². The smallest absolute Gasteiger partial charge is 0.162 e. The van der Waals surface area contributed by atoms with Gasteiger partial charge in [0, 0.05) is 23.9 Å². The van der Waals surface area contributed by atoms with Crippen LogP contribution in [0.5, 0.6) is 11.5 Å². The highest BCUT2D eigenvalue weighted by Crippen LogP contribution is 2.34. The molecule has 2 nitrogen and oxygen atoms in total. The summed E-state index contributed by atoms with van der Waals surface area (Å²) in [6.07, 6.45) is 2.53. The van der Waals surface area contributed by atoms with E-state index in [1.165, 1.54) is 0 Å². The van der Waals surface area contributed by atoms with Gasteiger partial charge in [0.2, 0.25) is 0 Å². The molecular weight excluding hydrogens is 260 g/mol. The first-order valence-electron chi connectivity index (χ1n) is 6.76. The third kappa shape index (κ3) is 5.04. The Balaban J connectivity index is 2.89. The number of rotatable bonds is 6. The van der Waals surface area contributed by atoms with Gasteiger partial charge in [-0.1, -0.05) is 18.5 Å². The van der Waals surface area contributed by atoms with Crippen LogP contribution in [0.2, 0.25) is 5.02 Å². The zero-order valence-electron chi connectivity index (χ0n) is 11.9. The van der Waals surface area contributed by atoms with Crippen molar-refractivity contribution in [2.75, 3.05) is 13.2 Å². The van der Waals surface area contributed by atoms with E-state index in [4.69, 9.17) is 21.1 Å². The van der Waals surface area contributed by atoms with Crippen molar-refractivity contribution >= 4 is 11.6 Å². The SMILES string of the molecule is CCC#CCCc1cc(OCC)c(OCC)cc1Cl. The number of hydrogen-bond acceptors (Lipinski definition) is 2. The molecule has 0 unspecified atom stereocenters. The van der Waals surface area contributed by atoms with E-state index in [2.05, 4.69) is 11.8 Å². The van der Waals surface area contributed by atoms with E-state index in [0.29, 0.717) is 24.0 Å². The van der Waals surface area contributed by atoms with Crippen LogP contribution in [0.25, 0.3) is 0 Å². The Labute approximate surface area is 121 Å². The van der Waals surface area contributed by atoms with Crippen LogP contribution in [0.15, 0.2) is 12.1 Å². The Morgan fingerprint density at radius 3 is 2.21 bits per heavy atom. The topological polar surface area (TPSA) is 18.5 Å². The molecule has 0 spiro atoms. The van der Waals surface area contributed by atoms with Crippen molar-refractivity contribution in [1.29, 1.82) is 0 Å². The highest BCUT2D eigenvalue weighted by atomic mass is 35.5. The minimum Gasteiger partial charge on any atom is -0.490 e. The summed E-state index contributed by atoms with van der Waals surface area (Å²) in [7, 11) is 0. The van der Waals surface area contributed by atoms with Gasteiger partial charge in [-0.15, -0.1) is 11.8 Å². The first-order valence-corrected chi connectivity index (χ1v) is 7.14. The molecule has 0 aliphatic rings. The van der Waals surface area contributed by atoms with Crippen LogP contribution in [-0.2, 0) is 6.42 Å². The minimum atomic E-state index is 0.595. The summed E-state index contributed by atoms with van der Waals surface area (Å²) in [6.45, 7) is 7.15. The molecule has 0 radical (unpaired) electrons. The number of halogens is 1. The molecule has 0 aliphatic carbocycles. The summed E-state index contributed by atoms with van der Waals surface area (Å²) in [6, 6.07) is 3.79. The maximum absolute atomic E-state index is 6.27. The van der Waals surface area contributed by atoms with Crippen LogP contribution in [0.4, 0.5) is 0 Å². The monoisotopic (exact) mass is 280 g/mol. The molecule has 0 heterocycles. The van der Waals surface area contributed by atoms with E-state index < -0.39 is 0 Å². The van der Waals surface area contributed by atoms with Gasteiger partial charge in [0.15, 0.2) is 11.5 Å². The first-order chi connectivity index (χ1) is 9.22. The maximum Gasteiger partial charge on any atom is 0.162 e. The number of ether oxygens (including phenoxy) is 2. The summed E-state index contributed by atoms with van der Waals surface area (Å²) >= 11 is 6.27. The van der Waals surface area contributed by atoms with Crippen molar-refractivity contribution in [3.63, 3.8) is 0 Å². The molecule has 0 saturated heterocycles. The fourth-order valence-electron chi connectivity index (χ4n) is 1.72. The van der Waals surface area contributed by atoms with E-state index >= 15 is 0 Å². The lowest BCUT2D eigenvalue weighted by atomic mass is 10.1. The Morgan fingerprint density at radius 1 is 1.00 bits per heavy atom. The molecule has 3 heteroatoms. The van der Waals surface area contributed by atoms with Crippen molar-refractivity contribution in [3.8, 4) is 23.3 Å². The summed E-state index contributed by atoms with van der Waals surface area (Å²) in [4.78, 5) is 0. The molecule has 0 atom stereocenters. The van der Waals surface area contributed by atoms with Crippen LogP contribution in [0.3, 0.4) is 0 Å². The van der Waals surface area contributed by atoms with Crippen molar-refractivity contribution in [2.45, 2.75) is 40.0 Å². The maximum atomic E-state index is 6.27. The second-order valence-corrected chi connectivity index (χ2v) is 4.37. The van der Waals surface area contributed by atoms with Crippen LogP contribution < -0.4 is 9.47 Å². The van der Waals surface area contributed by atoms with Crippen molar-refractivity contribution in [3.05, 3.63) is 22.7 Å². The number of aryl methyl sites for hydroxylation is 1. The predicted octanol–water partition coefficient (Wildman–Crippen LogP) is 4.48. The second kappa shape index (κ2) is 8.72. The Bertz CT molecular complexity index is 458. The Hall–Kier alpha value is -1.33. The summed E-state index contributed by atoms with van der Waals surface area (Å²) < 4.78 is 11.1. The molecular formula is C16H21ClO2. The zero-order chi connectivity index (χ0) is 14.1. The van der Waals surface area contributed by atoms with E-state index in [1.54, 1.807) is 0 Å². The van der Waals surface area contributed by atoms with Gasteiger partial charge in [-0.25, -0.2) is 0 Å². The van der Waals surface area contributed by atoms with Crippen LogP contribution in [0.1, 0.15) is 39.2 Å². The molecule has 0 N–H and O–H groups in total. The number of hydrogen-bond donors (Lipinski definition) is 0. The highest BCUT2D eigenvalue weighted by molar-refractivity contribution is 6.31. The molecule has 0 saturated carbocycles. The molecule has 1 aromatic rings. The quantitative estimate of drug-likeness (QED) is 0.715. The van der Waals surface area contributed by atoms with Crippen LogP contribution >= 0.6 is 11.6 Å². The first kappa shape index (κ1) is 15.7. The van der Waals surface area contributed by atoms with E-state index in [1.807, 2.05) is 32.9 Å². The fraction of sp³-hybridized carbons (Fsp3) is 0.500. The largest absolute Gasteiger partial charge is 0.490 e. The van der Waals surface area contributed by atoms with Gasteiger partial charge >= 0.3 is 0 Å². The average Bonchev–Trinajstić information content (AvgIpc) is 2.39. The van der Waals surface area contributed by atoms with Gasteiger partial charge in [0.25, 0.3) is 0 Å². The van der Waals surface area contributed by atoms with Crippen molar-refractivity contribution < 1.29 is 9.47 Å². The van der Waals surface area contributed by atoms with Gasteiger partial charge in [-0.05, 0) is 31.9 Å². The van der Waals surface area contributed by atoms with Crippen LogP contribution in [-0.4, -0.2) is 13.2 Å². The standard InChI is InChI=1S/C16H21ClO2/c1-4-7-8-9-10-13-11-15(18-5-2)16(19-6-3)12-14(13)17/h11-12H,4-6,9-10H2,1-3H3. The van der Waals surface area contributed by atoms with E-state index in [9.17, 15) is 0 Å². The lowest BCUT2D eigenvalue weighted by Crippen LogP contribution is -2.00. The van der Waals surface area contributed by atoms with Gasteiger partial charge in [0.05, 0.1) is 13.2 Å². The third-order valence-electron chi connectivity index (χ3n) is 2.53. The Morgan fingerprint density at radius 2 is 1.63 bits per heavy atom. The second-order valence-electron chi connectivity index (χ2n) is 3.96. The normalized spacial score (nSPS) is 9.68. The summed E-state index contributed by atoms with van der Waals surface area (Å²) in [5.41, 5.74) is 1.05. The molecule has 1 rings (SSSR count).